The summed E-state index contributed by atoms with van der Waals surface area (Å²) < 4.78 is 3.54. The molecular formula is C30H38N10O. The standard InChI is InChI=1S/C15H19N5O.C15H19N5/c1-19(2)4-3-11-7-17-14-6-15(21)12(5-13(11)14)8-20-10-16-9-18-20;1-19(2)6-5-13-8-17-15-4-3-12(7-14(13)15)9-20-11-16-10-18-20/h5-7,9-10,17,21H,3-4,8H2,1-2H3;3-4,7-8,10-11,17H,5-6,9H2,1-2H3. The van der Waals surface area contributed by atoms with Crippen molar-refractivity contribution in [1.29, 1.82) is 0 Å². The van der Waals surface area contributed by atoms with Crippen molar-refractivity contribution in [2.75, 3.05) is 41.3 Å². The molecule has 0 saturated carbocycles. The molecule has 0 unspecified atom stereocenters. The Balaban J connectivity index is 0.000000165. The van der Waals surface area contributed by atoms with Gasteiger partial charge in [-0.2, -0.15) is 10.2 Å². The first-order valence-electron chi connectivity index (χ1n) is 13.7. The second kappa shape index (κ2) is 12.8. The Hall–Kier alpha value is -4.48. The summed E-state index contributed by atoms with van der Waals surface area (Å²) in [6.45, 7) is 3.32. The van der Waals surface area contributed by atoms with E-state index in [4.69, 9.17) is 0 Å². The van der Waals surface area contributed by atoms with E-state index in [2.05, 4.69) is 92.5 Å². The highest BCUT2D eigenvalue weighted by atomic mass is 16.3. The maximum atomic E-state index is 10.1. The summed E-state index contributed by atoms with van der Waals surface area (Å²) in [4.78, 5) is 18.8. The number of likely N-dealkylation sites (N-methyl/N-ethyl adjacent to an activating group) is 2. The van der Waals surface area contributed by atoms with Crippen LogP contribution in [0.5, 0.6) is 5.75 Å². The molecule has 2 aromatic carbocycles. The van der Waals surface area contributed by atoms with Crippen molar-refractivity contribution in [2.24, 2.45) is 0 Å². The molecule has 0 saturated heterocycles. The molecule has 11 nitrogen and oxygen atoms in total. The van der Waals surface area contributed by atoms with E-state index in [1.54, 1.807) is 29.7 Å². The molecule has 0 aliphatic carbocycles. The average Bonchev–Trinajstić information content (AvgIpc) is 3.76. The first kappa shape index (κ1) is 28.1. The zero-order valence-electron chi connectivity index (χ0n) is 24.1. The van der Waals surface area contributed by atoms with Crippen LogP contribution in [0.25, 0.3) is 21.8 Å². The molecule has 3 N–H and O–H groups in total. The van der Waals surface area contributed by atoms with Crippen molar-refractivity contribution in [3.8, 4) is 5.75 Å². The summed E-state index contributed by atoms with van der Waals surface area (Å²) in [5, 5.41) is 20.8. The molecule has 0 atom stereocenters. The van der Waals surface area contributed by atoms with E-state index in [-0.39, 0.29) is 5.75 Å². The fourth-order valence-corrected chi connectivity index (χ4v) is 4.80. The number of aromatic amines is 2. The van der Waals surface area contributed by atoms with E-state index < -0.39 is 0 Å². The third kappa shape index (κ3) is 7.19. The Morgan fingerprint density at radius 2 is 1.29 bits per heavy atom. The van der Waals surface area contributed by atoms with Gasteiger partial charge in [0.25, 0.3) is 0 Å². The van der Waals surface area contributed by atoms with Gasteiger partial charge in [-0.1, -0.05) is 6.07 Å². The average molecular weight is 555 g/mol. The monoisotopic (exact) mass is 554 g/mol. The Kier molecular flexibility index (Phi) is 8.76. The molecular weight excluding hydrogens is 516 g/mol. The minimum Gasteiger partial charge on any atom is -0.508 e. The normalized spacial score (nSPS) is 11.6. The number of hydrogen-bond acceptors (Lipinski definition) is 7. The Bertz CT molecular complexity index is 1660. The van der Waals surface area contributed by atoms with Crippen molar-refractivity contribution in [1.82, 2.24) is 49.3 Å². The molecule has 4 aromatic heterocycles. The lowest BCUT2D eigenvalue weighted by molar-refractivity contribution is 0.414. The summed E-state index contributed by atoms with van der Waals surface area (Å²) in [6.07, 6.45) is 12.6. The van der Waals surface area contributed by atoms with Gasteiger partial charge in [-0.15, -0.1) is 0 Å². The molecule has 41 heavy (non-hydrogen) atoms. The number of rotatable bonds is 10. The van der Waals surface area contributed by atoms with Crippen molar-refractivity contribution in [2.45, 2.75) is 25.9 Å². The lowest BCUT2D eigenvalue weighted by Crippen LogP contribution is -2.14. The van der Waals surface area contributed by atoms with Crippen LogP contribution in [0.4, 0.5) is 0 Å². The molecule has 0 aliphatic heterocycles. The number of H-pyrrole nitrogens is 2. The van der Waals surface area contributed by atoms with Crippen LogP contribution in [0.1, 0.15) is 22.3 Å². The molecule has 4 heterocycles. The SMILES string of the molecule is CN(C)CCc1c[nH]c2cc(O)c(Cn3cncn3)cc12.CN(C)CCc1c[nH]c2ccc(Cn3cncn3)cc12. The van der Waals surface area contributed by atoms with Gasteiger partial charge in [-0.05, 0) is 75.9 Å². The van der Waals surface area contributed by atoms with Gasteiger partial charge in [-0.25, -0.2) is 19.3 Å². The van der Waals surface area contributed by atoms with E-state index in [9.17, 15) is 5.11 Å². The minimum absolute atomic E-state index is 0.277. The second-order valence-corrected chi connectivity index (χ2v) is 10.8. The second-order valence-electron chi connectivity index (χ2n) is 10.8. The lowest BCUT2D eigenvalue weighted by atomic mass is 10.1. The summed E-state index contributed by atoms with van der Waals surface area (Å²) >= 11 is 0. The minimum atomic E-state index is 0.277. The van der Waals surface area contributed by atoms with Crippen molar-refractivity contribution >= 4 is 21.8 Å². The molecule has 214 valence electrons. The van der Waals surface area contributed by atoms with Crippen molar-refractivity contribution in [3.63, 3.8) is 0 Å². The Morgan fingerprint density at radius 1 is 0.707 bits per heavy atom. The number of benzene rings is 2. The quantitative estimate of drug-likeness (QED) is 0.237. The Labute approximate surface area is 239 Å². The summed E-state index contributed by atoms with van der Waals surface area (Å²) in [7, 11) is 8.34. The van der Waals surface area contributed by atoms with Gasteiger partial charge in [0, 0.05) is 58.9 Å². The summed E-state index contributed by atoms with van der Waals surface area (Å²) in [6, 6.07) is 10.3. The van der Waals surface area contributed by atoms with E-state index in [1.807, 2.05) is 16.9 Å². The lowest BCUT2D eigenvalue weighted by Gasteiger charge is -2.09. The largest absolute Gasteiger partial charge is 0.508 e. The predicted molar refractivity (Wildman–Crippen MR) is 161 cm³/mol. The van der Waals surface area contributed by atoms with Gasteiger partial charge in [0.15, 0.2) is 0 Å². The van der Waals surface area contributed by atoms with Crippen molar-refractivity contribution in [3.05, 3.63) is 90.3 Å². The highest BCUT2D eigenvalue weighted by Gasteiger charge is 2.10. The van der Waals surface area contributed by atoms with Crippen molar-refractivity contribution < 1.29 is 5.11 Å². The van der Waals surface area contributed by atoms with Gasteiger partial charge < -0.3 is 24.9 Å². The van der Waals surface area contributed by atoms with Gasteiger partial charge in [0.1, 0.15) is 31.1 Å². The van der Waals surface area contributed by atoms with E-state index in [0.717, 1.165) is 48.9 Å². The fraction of sp³-hybridized carbons (Fsp3) is 0.333. The van der Waals surface area contributed by atoms with Crippen LogP contribution >= 0.6 is 0 Å². The van der Waals surface area contributed by atoms with Crippen LogP contribution in [0.2, 0.25) is 0 Å². The number of aromatic hydroxyl groups is 1. The first-order valence-corrected chi connectivity index (χ1v) is 13.7. The Morgan fingerprint density at radius 3 is 1.88 bits per heavy atom. The van der Waals surface area contributed by atoms with E-state index in [0.29, 0.717) is 6.54 Å². The molecule has 0 amide bonds. The molecule has 6 aromatic rings. The predicted octanol–water partition coefficient (Wildman–Crippen LogP) is 3.53. The number of nitrogens with zero attached hydrogens (tertiary/aromatic N) is 8. The van der Waals surface area contributed by atoms with Gasteiger partial charge in [0.05, 0.1) is 13.1 Å². The summed E-state index contributed by atoms with van der Waals surface area (Å²) in [5.74, 6) is 0.277. The number of nitrogens with one attached hydrogen (secondary N) is 2. The van der Waals surface area contributed by atoms with E-state index in [1.165, 1.54) is 33.9 Å². The van der Waals surface area contributed by atoms with Gasteiger partial charge >= 0.3 is 0 Å². The molecule has 11 heteroatoms. The molecule has 0 radical (unpaired) electrons. The van der Waals surface area contributed by atoms with Gasteiger partial charge in [0.2, 0.25) is 0 Å². The third-order valence-corrected chi connectivity index (χ3v) is 7.07. The molecule has 0 bridgehead atoms. The number of aromatic nitrogens is 8. The fourth-order valence-electron chi connectivity index (χ4n) is 4.80. The van der Waals surface area contributed by atoms with Crippen LogP contribution in [0.15, 0.2) is 68.0 Å². The molecule has 0 spiro atoms. The van der Waals surface area contributed by atoms with Crippen LogP contribution in [0, 0.1) is 0 Å². The molecule has 0 aliphatic rings. The number of fused-ring (bicyclic) bond motifs is 2. The number of hydrogen-bond donors (Lipinski definition) is 3. The van der Waals surface area contributed by atoms with Crippen LogP contribution in [-0.4, -0.2) is 95.7 Å². The smallest absolute Gasteiger partial charge is 0.137 e. The van der Waals surface area contributed by atoms with Gasteiger partial charge in [-0.3, -0.25) is 0 Å². The summed E-state index contributed by atoms with van der Waals surface area (Å²) in [5.41, 5.74) is 6.88. The third-order valence-electron chi connectivity index (χ3n) is 7.07. The zero-order valence-corrected chi connectivity index (χ0v) is 24.1. The highest BCUT2D eigenvalue weighted by molar-refractivity contribution is 5.86. The van der Waals surface area contributed by atoms with Crippen LogP contribution < -0.4 is 0 Å². The first-order chi connectivity index (χ1) is 19.9. The maximum absolute atomic E-state index is 10.1. The topological polar surface area (TPSA) is 120 Å². The number of phenolic OH excluding ortho intramolecular Hbond substituents is 1. The van der Waals surface area contributed by atoms with E-state index >= 15 is 0 Å². The van der Waals surface area contributed by atoms with Crippen LogP contribution in [-0.2, 0) is 25.9 Å². The van der Waals surface area contributed by atoms with Crippen LogP contribution in [0.3, 0.4) is 0 Å². The highest BCUT2D eigenvalue weighted by Crippen LogP contribution is 2.28. The molecule has 0 fully saturated rings. The zero-order chi connectivity index (χ0) is 28.8. The molecule has 6 rings (SSSR count). The maximum Gasteiger partial charge on any atom is 0.137 e. The number of phenols is 1.